The Morgan fingerprint density at radius 1 is 1.11 bits per heavy atom. The molecule has 0 aliphatic carbocycles. The van der Waals surface area contributed by atoms with Crippen LogP contribution in [0.5, 0.6) is 0 Å². The van der Waals surface area contributed by atoms with Gasteiger partial charge < -0.3 is 5.32 Å². The second kappa shape index (κ2) is 5.37. The van der Waals surface area contributed by atoms with Gasteiger partial charge in [-0.05, 0) is 26.2 Å². The van der Waals surface area contributed by atoms with Crippen LogP contribution in [-0.4, -0.2) is 41.8 Å². The smallest absolute Gasteiger partial charge is 0.308 e. The van der Waals surface area contributed by atoms with E-state index in [1.807, 2.05) is 27.7 Å². The summed E-state index contributed by atoms with van der Waals surface area (Å²) in [6.45, 7) is 8.25. The van der Waals surface area contributed by atoms with Gasteiger partial charge in [-0.3, -0.25) is 4.90 Å². The molecule has 0 amide bonds. The van der Waals surface area contributed by atoms with Gasteiger partial charge in [0.15, 0.2) is 0 Å². The lowest BCUT2D eigenvalue weighted by Gasteiger charge is -2.53. The third kappa shape index (κ3) is 3.38. The van der Waals surface area contributed by atoms with Crippen molar-refractivity contribution in [1.82, 2.24) is 10.2 Å². The number of hydrogen-bond donors (Lipinski definition) is 1. The minimum atomic E-state index is -4.12. The molecule has 0 radical (unpaired) electrons. The Labute approximate surface area is 108 Å². The van der Waals surface area contributed by atoms with E-state index in [0.717, 1.165) is 19.3 Å². The summed E-state index contributed by atoms with van der Waals surface area (Å²) in [4.78, 5) is 1.62. The first-order valence-electron chi connectivity index (χ1n) is 6.77. The van der Waals surface area contributed by atoms with Crippen LogP contribution in [0.1, 0.15) is 47.0 Å². The second-order valence-corrected chi connectivity index (χ2v) is 5.66. The molecular weight excluding hydrogens is 241 g/mol. The van der Waals surface area contributed by atoms with Crippen LogP contribution in [0.15, 0.2) is 0 Å². The van der Waals surface area contributed by atoms with Crippen LogP contribution in [0.25, 0.3) is 0 Å². The minimum Gasteiger partial charge on any atom is -0.308 e. The van der Waals surface area contributed by atoms with Gasteiger partial charge in [0.2, 0.25) is 0 Å². The van der Waals surface area contributed by atoms with E-state index < -0.39 is 18.3 Å². The van der Waals surface area contributed by atoms with E-state index >= 15 is 0 Å². The highest BCUT2D eigenvalue weighted by atomic mass is 19.4. The Balaban J connectivity index is 2.90. The second-order valence-electron chi connectivity index (χ2n) is 5.66. The molecule has 1 aliphatic heterocycles. The maximum Gasteiger partial charge on any atom is 0.401 e. The zero-order valence-electron chi connectivity index (χ0n) is 11.8. The highest BCUT2D eigenvalue weighted by Gasteiger charge is 2.46. The van der Waals surface area contributed by atoms with Crippen LogP contribution < -0.4 is 5.32 Å². The molecule has 0 aromatic heterocycles. The fraction of sp³-hybridized carbons (Fsp3) is 1.00. The van der Waals surface area contributed by atoms with Crippen molar-refractivity contribution < 1.29 is 13.2 Å². The SMILES string of the molecule is CCC1(CC)CN(CC(F)(F)F)C(C)(CC)CN1. The molecular formula is C13H25F3N2. The van der Waals surface area contributed by atoms with E-state index in [4.69, 9.17) is 0 Å². The molecule has 0 bridgehead atoms. The first kappa shape index (κ1) is 15.8. The largest absolute Gasteiger partial charge is 0.401 e. The third-order valence-corrected chi connectivity index (χ3v) is 4.59. The van der Waals surface area contributed by atoms with Gasteiger partial charge in [-0.2, -0.15) is 13.2 Å². The normalized spacial score (nSPS) is 29.5. The predicted molar refractivity (Wildman–Crippen MR) is 67.6 cm³/mol. The Morgan fingerprint density at radius 2 is 1.67 bits per heavy atom. The standard InChI is InChI=1S/C13H25F3N2/c1-5-11(4)8-17-12(6-2,7-3)9-18(11)10-13(14,15)16/h17H,5-10H2,1-4H3. The van der Waals surface area contributed by atoms with Crippen LogP contribution >= 0.6 is 0 Å². The van der Waals surface area contributed by atoms with Crippen molar-refractivity contribution >= 4 is 0 Å². The van der Waals surface area contributed by atoms with Crippen LogP contribution in [0.2, 0.25) is 0 Å². The summed E-state index contributed by atoms with van der Waals surface area (Å²) in [5, 5.41) is 3.48. The van der Waals surface area contributed by atoms with Gasteiger partial charge in [0.25, 0.3) is 0 Å². The van der Waals surface area contributed by atoms with Crippen molar-refractivity contribution in [2.45, 2.75) is 64.2 Å². The van der Waals surface area contributed by atoms with E-state index in [1.54, 1.807) is 4.90 Å². The van der Waals surface area contributed by atoms with Crippen LogP contribution in [0.4, 0.5) is 13.2 Å². The number of halogens is 3. The van der Waals surface area contributed by atoms with E-state index in [9.17, 15) is 13.2 Å². The zero-order valence-corrected chi connectivity index (χ0v) is 11.8. The molecule has 1 heterocycles. The van der Waals surface area contributed by atoms with Gasteiger partial charge >= 0.3 is 6.18 Å². The lowest BCUT2D eigenvalue weighted by molar-refractivity contribution is -0.167. The van der Waals surface area contributed by atoms with Crippen molar-refractivity contribution in [2.75, 3.05) is 19.6 Å². The van der Waals surface area contributed by atoms with E-state index in [0.29, 0.717) is 13.1 Å². The first-order valence-corrected chi connectivity index (χ1v) is 6.77. The first-order chi connectivity index (χ1) is 8.20. The van der Waals surface area contributed by atoms with Gasteiger partial charge in [0, 0.05) is 24.2 Å². The van der Waals surface area contributed by atoms with Gasteiger partial charge in [0.05, 0.1) is 6.54 Å². The number of hydrogen-bond acceptors (Lipinski definition) is 2. The zero-order chi connectivity index (χ0) is 14.0. The van der Waals surface area contributed by atoms with Gasteiger partial charge in [-0.1, -0.05) is 20.8 Å². The van der Waals surface area contributed by atoms with Gasteiger partial charge in [-0.25, -0.2) is 0 Å². The molecule has 0 saturated carbocycles. The van der Waals surface area contributed by atoms with E-state index in [1.165, 1.54) is 0 Å². The van der Waals surface area contributed by atoms with Gasteiger partial charge in [0.1, 0.15) is 0 Å². The Hall–Kier alpha value is -0.290. The summed E-state index contributed by atoms with van der Waals surface area (Å²) in [5.74, 6) is 0. The van der Waals surface area contributed by atoms with Crippen molar-refractivity contribution in [3.8, 4) is 0 Å². The Bertz CT molecular complexity index is 274. The third-order valence-electron chi connectivity index (χ3n) is 4.59. The number of piperazine rings is 1. The molecule has 108 valence electrons. The molecule has 1 saturated heterocycles. The molecule has 1 aliphatic rings. The summed E-state index contributed by atoms with van der Waals surface area (Å²) in [6.07, 6.45) is -1.68. The number of alkyl halides is 3. The maximum absolute atomic E-state index is 12.7. The monoisotopic (exact) mass is 266 g/mol. The summed E-state index contributed by atoms with van der Waals surface area (Å²) < 4.78 is 38.2. The lowest BCUT2D eigenvalue weighted by atomic mass is 9.83. The highest BCUT2D eigenvalue weighted by Crippen LogP contribution is 2.32. The molecule has 18 heavy (non-hydrogen) atoms. The van der Waals surface area contributed by atoms with Crippen LogP contribution in [0.3, 0.4) is 0 Å². The minimum absolute atomic E-state index is 0.167. The molecule has 1 N–H and O–H groups in total. The van der Waals surface area contributed by atoms with Crippen molar-refractivity contribution in [2.24, 2.45) is 0 Å². The number of nitrogens with zero attached hydrogens (tertiary/aromatic N) is 1. The predicted octanol–water partition coefficient (Wildman–Crippen LogP) is 3.18. The summed E-state index contributed by atoms with van der Waals surface area (Å²) in [7, 11) is 0. The molecule has 0 aromatic carbocycles. The molecule has 1 fully saturated rings. The summed E-state index contributed by atoms with van der Waals surface area (Å²) in [6, 6.07) is 0. The fourth-order valence-electron chi connectivity index (χ4n) is 2.64. The van der Waals surface area contributed by atoms with E-state index in [-0.39, 0.29) is 5.54 Å². The van der Waals surface area contributed by atoms with Crippen LogP contribution in [0, 0.1) is 0 Å². The van der Waals surface area contributed by atoms with Gasteiger partial charge in [-0.15, -0.1) is 0 Å². The molecule has 5 heteroatoms. The van der Waals surface area contributed by atoms with Crippen LogP contribution in [-0.2, 0) is 0 Å². The quantitative estimate of drug-likeness (QED) is 0.840. The number of nitrogens with one attached hydrogen (secondary N) is 1. The van der Waals surface area contributed by atoms with Crippen molar-refractivity contribution in [1.29, 1.82) is 0 Å². The average Bonchev–Trinajstić information content (AvgIpc) is 2.31. The fourth-order valence-corrected chi connectivity index (χ4v) is 2.64. The van der Waals surface area contributed by atoms with Crippen molar-refractivity contribution in [3.63, 3.8) is 0 Å². The topological polar surface area (TPSA) is 15.3 Å². The Morgan fingerprint density at radius 3 is 2.06 bits per heavy atom. The molecule has 1 atom stereocenters. The van der Waals surface area contributed by atoms with E-state index in [2.05, 4.69) is 5.32 Å². The summed E-state index contributed by atoms with van der Waals surface area (Å²) in [5.41, 5.74) is -0.566. The maximum atomic E-state index is 12.7. The molecule has 0 spiro atoms. The highest BCUT2D eigenvalue weighted by molar-refractivity contribution is 5.02. The molecule has 2 nitrogen and oxygen atoms in total. The molecule has 1 unspecified atom stereocenters. The number of rotatable bonds is 4. The molecule has 0 aromatic rings. The lowest BCUT2D eigenvalue weighted by Crippen LogP contribution is -2.69. The molecule has 1 rings (SSSR count). The Kier molecular flexibility index (Phi) is 4.70. The average molecular weight is 266 g/mol. The summed E-state index contributed by atoms with van der Waals surface area (Å²) >= 11 is 0. The van der Waals surface area contributed by atoms with Crippen molar-refractivity contribution in [3.05, 3.63) is 0 Å².